The van der Waals surface area contributed by atoms with Crippen molar-refractivity contribution >= 4 is 22.6 Å². The predicted molar refractivity (Wildman–Crippen MR) is 97.3 cm³/mol. The summed E-state index contributed by atoms with van der Waals surface area (Å²) in [5, 5.41) is 4.75. The Balaban J connectivity index is 1.85. The Morgan fingerprint density at radius 1 is 1.00 bits per heavy atom. The van der Waals surface area contributed by atoms with Crippen LogP contribution in [0.3, 0.4) is 0 Å². The van der Waals surface area contributed by atoms with Crippen molar-refractivity contribution in [1.29, 1.82) is 0 Å². The fourth-order valence-corrected chi connectivity index (χ4v) is 2.87. The minimum atomic E-state index is -0.844. The number of amides is 1. The van der Waals surface area contributed by atoms with Crippen LogP contribution in [0.25, 0.3) is 10.8 Å². The number of fused-ring (bicyclic) bond motifs is 1. The number of carbonyl (C=O) groups excluding carboxylic acids is 2. The summed E-state index contributed by atoms with van der Waals surface area (Å²) in [5.41, 5.74) is 1.20. The first-order valence-electron chi connectivity index (χ1n) is 8.19. The van der Waals surface area contributed by atoms with Gasteiger partial charge in [-0.15, -0.1) is 0 Å². The van der Waals surface area contributed by atoms with Gasteiger partial charge in [0, 0.05) is 12.0 Å². The molecule has 3 rings (SSSR count). The van der Waals surface area contributed by atoms with Crippen molar-refractivity contribution in [3.05, 3.63) is 83.7 Å². The molecule has 0 radical (unpaired) electrons. The summed E-state index contributed by atoms with van der Waals surface area (Å²) in [5.74, 6) is -1.42. The van der Waals surface area contributed by atoms with Crippen LogP contribution in [0.1, 0.15) is 15.9 Å². The number of carbonyl (C=O) groups is 2. The van der Waals surface area contributed by atoms with Gasteiger partial charge in [0.1, 0.15) is 11.9 Å². The van der Waals surface area contributed by atoms with Gasteiger partial charge in [-0.2, -0.15) is 0 Å². The van der Waals surface area contributed by atoms with E-state index in [-0.39, 0.29) is 5.56 Å². The van der Waals surface area contributed by atoms with Gasteiger partial charge in [-0.25, -0.2) is 9.18 Å². The summed E-state index contributed by atoms with van der Waals surface area (Å²) in [6.07, 6.45) is 0.293. The normalized spacial score (nSPS) is 11.8. The quantitative estimate of drug-likeness (QED) is 0.716. The second-order valence-electron chi connectivity index (χ2n) is 5.90. The zero-order chi connectivity index (χ0) is 18.5. The molecular weight excluding hydrogens is 333 g/mol. The molecule has 5 heteroatoms. The number of methoxy groups -OCH3 is 1. The molecule has 0 fully saturated rings. The van der Waals surface area contributed by atoms with Gasteiger partial charge in [0.15, 0.2) is 0 Å². The molecule has 0 saturated heterocycles. The monoisotopic (exact) mass is 351 g/mol. The summed E-state index contributed by atoms with van der Waals surface area (Å²) in [6.45, 7) is 0. The van der Waals surface area contributed by atoms with E-state index in [1.807, 2.05) is 42.5 Å². The van der Waals surface area contributed by atoms with E-state index >= 15 is 0 Å². The number of esters is 1. The van der Waals surface area contributed by atoms with Crippen molar-refractivity contribution in [1.82, 2.24) is 5.32 Å². The molecule has 0 bridgehead atoms. The summed E-state index contributed by atoms with van der Waals surface area (Å²) in [7, 11) is 1.28. The third-order valence-electron chi connectivity index (χ3n) is 4.20. The second-order valence-corrected chi connectivity index (χ2v) is 5.90. The molecule has 0 saturated carbocycles. The summed E-state index contributed by atoms with van der Waals surface area (Å²) < 4.78 is 17.9. The Bertz CT molecular complexity index is 932. The van der Waals surface area contributed by atoms with E-state index < -0.39 is 23.7 Å². The third kappa shape index (κ3) is 3.88. The zero-order valence-electron chi connectivity index (χ0n) is 14.2. The molecule has 0 unspecified atom stereocenters. The van der Waals surface area contributed by atoms with Crippen LogP contribution in [0, 0.1) is 5.82 Å². The lowest BCUT2D eigenvalue weighted by Gasteiger charge is -2.18. The Morgan fingerprint density at radius 3 is 2.42 bits per heavy atom. The maximum Gasteiger partial charge on any atom is 0.328 e. The van der Waals surface area contributed by atoms with Crippen LogP contribution >= 0.6 is 0 Å². The lowest BCUT2D eigenvalue weighted by Crippen LogP contribution is -2.43. The van der Waals surface area contributed by atoms with E-state index in [2.05, 4.69) is 5.32 Å². The van der Waals surface area contributed by atoms with Crippen LogP contribution in [0.2, 0.25) is 0 Å². The Morgan fingerprint density at radius 2 is 1.69 bits per heavy atom. The molecule has 0 aliphatic carbocycles. The maximum atomic E-state index is 13.0. The number of benzene rings is 3. The molecule has 3 aromatic rings. The average molecular weight is 351 g/mol. The molecule has 1 amide bonds. The van der Waals surface area contributed by atoms with E-state index in [1.165, 1.54) is 31.4 Å². The highest BCUT2D eigenvalue weighted by Crippen LogP contribution is 2.20. The van der Waals surface area contributed by atoms with Gasteiger partial charge in [0.25, 0.3) is 5.91 Å². The molecule has 0 aromatic heterocycles. The fraction of sp³-hybridized carbons (Fsp3) is 0.143. The first kappa shape index (κ1) is 17.6. The molecule has 0 aliphatic heterocycles. The minimum Gasteiger partial charge on any atom is -0.467 e. The lowest BCUT2D eigenvalue weighted by atomic mass is 9.98. The van der Waals surface area contributed by atoms with Crippen molar-refractivity contribution in [2.75, 3.05) is 7.11 Å². The largest absolute Gasteiger partial charge is 0.467 e. The summed E-state index contributed by atoms with van der Waals surface area (Å²) >= 11 is 0. The van der Waals surface area contributed by atoms with Gasteiger partial charge in [-0.05, 0) is 40.6 Å². The highest BCUT2D eigenvalue weighted by atomic mass is 19.1. The van der Waals surface area contributed by atoms with Gasteiger partial charge in [0.2, 0.25) is 0 Å². The van der Waals surface area contributed by atoms with Crippen molar-refractivity contribution in [2.45, 2.75) is 12.5 Å². The minimum absolute atomic E-state index is 0.276. The highest BCUT2D eigenvalue weighted by molar-refractivity contribution is 5.97. The van der Waals surface area contributed by atoms with Crippen LogP contribution in [-0.2, 0) is 16.0 Å². The number of ether oxygens (including phenoxy) is 1. The lowest BCUT2D eigenvalue weighted by molar-refractivity contribution is -0.142. The van der Waals surface area contributed by atoms with E-state index in [0.29, 0.717) is 6.42 Å². The van der Waals surface area contributed by atoms with Crippen molar-refractivity contribution in [2.24, 2.45) is 0 Å². The second kappa shape index (κ2) is 7.78. The standard InChI is InChI=1S/C21H18FNO3/c1-26-21(25)19(23-20(24)15-9-11-17(22)12-10-15)13-16-7-4-6-14-5-2-3-8-18(14)16/h2-12,19H,13H2,1H3,(H,23,24)/t19-/m1/s1. The molecule has 132 valence electrons. The number of nitrogens with one attached hydrogen (secondary N) is 1. The van der Waals surface area contributed by atoms with E-state index in [1.54, 1.807) is 0 Å². The molecule has 1 N–H and O–H groups in total. The van der Waals surface area contributed by atoms with Crippen molar-refractivity contribution in [3.63, 3.8) is 0 Å². The van der Waals surface area contributed by atoms with E-state index in [9.17, 15) is 14.0 Å². The number of hydrogen-bond acceptors (Lipinski definition) is 3. The molecule has 0 aliphatic rings. The summed E-state index contributed by atoms with van der Waals surface area (Å²) in [4.78, 5) is 24.6. The number of halogens is 1. The third-order valence-corrected chi connectivity index (χ3v) is 4.20. The molecule has 0 heterocycles. The Labute approximate surface area is 150 Å². The maximum absolute atomic E-state index is 13.0. The van der Waals surface area contributed by atoms with Crippen LogP contribution in [0.15, 0.2) is 66.7 Å². The smallest absolute Gasteiger partial charge is 0.328 e. The van der Waals surface area contributed by atoms with Crippen molar-refractivity contribution < 1.29 is 18.7 Å². The van der Waals surface area contributed by atoms with Crippen molar-refractivity contribution in [3.8, 4) is 0 Å². The van der Waals surface area contributed by atoms with E-state index in [4.69, 9.17) is 4.74 Å². The van der Waals surface area contributed by atoms with Gasteiger partial charge < -0.3 is 10.1 Å². The Hall–Kier alpha value is -3.21. The molecular formula is C21H18FNO3. The Kier molecular flexibility index (Phi) is 5.27. The van der Waals surface area contributed by atoms with Gasteiger partial charge in [-0.3, -0.25) is 4.79 Å². The fourth-order valence-electron chi connectivity index (χ4n) is 2.87. The van der Waals surface area contributed by atoms with Crippen LogP contribution in [0.4, 0.5) is 4.39 Å². The molecule has 1 atom stereocenters. The SMILES string of the molecule is COC(=O)[C@@H](Cc1cccc2ccccc12)NC(=O)c1ccc(F)cc1. The van der Waals surface area contributed by atoms with Gasteiger partial charge in [-0.1, -0.05) is 42.5 Å². The average Bonchev–Trinajstić information content (AvgIpc) is 2.67. The molecule has 0 spiro atoms. The van der Waals surface area contributed by atoms with Gasteiger partial charge in [0.05, 0.1) is 7.11 Å². The highest BCUT2D eigenvalue weighted by Gasteiger charge is 2.23. The first-order valence-corrected chi connectivity index (χ1v) is 8.19. The predicted octanol–water partition coefficient (Wildman–Crippen LogP) is 3.49. The van der Waals surface area contributed by atoms with Crippen LogP contribution in [-0.4, -0.2) is 25.0 Å². The summed E-state index contributed by atoms with van der Waals surface area (Å²) in [6, 6.07) is 18.0. The first-order chi connectivity index (χ1) is 12.6. The zero-order valence-corrected chi connectivity index (χ0v) is 14.2. The van der Waals surface area contributed by atoms with Gasteiger partial charge >= 0.3 is 5.97 Å². The number of rotatable bonds is 5. The van der Waals surface area contributed by atoms with E-state index in [0.717, 1.165) is 16.3 Å². The number of hydrogen-bond donors (Lipinski definition) is 1. The van der Waals surface area contributed by atoms with Crippen LogP contribution in [0.5, 0.6) is 0 Å². The topological polar surface area (TPSA) is 55.4 Å². The molecule has 4 nitrogen and oxygen atoms in total. The molecule has 26 heavy (non-hydrogen) atoms. The van der Waals surface area contributed by atoms with Crippen LogP contribution < -0.4 is 5.32 Å². The molecule has 3 aromatic carbocycles.